The van der Waals surface area contributed by atoms with Crippen molar-refractivity contribution in [2.75, 3.05) is 33.9 Å². The van der Waals surface area contributed by atoms with Crippen LogP contribution >= 0.6 is 24.0 Å². The van der Waals surface area contributed by atoms with Crippen LogP contribution in [0.2, 0.25) is 0 Å². The number of rotatable bonds is 8. The summed E-state index contributed by atoms with van der Waals surface area (Å²) in [7, 11) is 3.59. The Kier molecular flexibility index (Phi) is 8.21. The van der Waals surface area contributed by atoms with Crippen molar-refractivity contribution >= 4 is 40.9 Å². The molecular formula is C20H30IN3O2. The lowest BCUT2D eigenvalue weighted by molar-refractivity contribution is 0.0732. The summed E-state index contributed by atoms with van der Waals surface area (Å²) in [5.41, 5.74) is 1.33. The van der Waals surface area contributed by atoms with Gasteiger partial charge in [0.05, 0.1) is 0 Å². The third-order valence-corrected chi connectivity index (χ3v) is 5.25. The fraction of sp³-hybridized carbons (Fsp3) is 0.550. The van der Waals surface area contributed by atoms with Crippen molar-refractivity contribution in [2.45, 2.75) is 32.1 Å². The van der Waals surface area contributed by atoms with E-state index in [0.29, 0.717) is 5.41 Å². The first-order valence-electron chi connectivity index (χ1n) is 9.16. The maximum Gasteiger partial charge on any atom is 0.191 e. The molecule has 1 aromatic heterocycles. The zero-order valence-corrected chi connectivity index (χ0v) is 18.0. The number of halogens is 1. The van der Waals surface area contributed by atoms with Gasteiger partial charge in [0.15, 0.2) is 5.96 Å². The number of nitrogens with zero attached hydrogens (tertiary/aromatic N) is 1. The SMILES string of the molecule is CN=C(NCCc1cc2ccccc2o1)NCC1(CCOC)CCC1.I. The highest BCUT2D eigenvalue weighted by molar-refractivity contribution is 14.0. The van der Waals surface area contributed by atoms with Crippen molar-refractivity contribution in [2.24, 2.45) is 10.4 Å². The van der Waals surface area contributed by atoms with Gasteiger partial charge < -0.3 is 19.8 Å². The molecule has 144 valence electrons. The van der Waals surface area contributed by atoms with E-state index >= 15 is 0 Å². The Bertz CT molecular complexity index is 677. The molecule has 0 unspecified atom stereocenters. The molecule has 0 saturated heterocycles. The maximum atomic E-state index is 5.85. The molecule has 0 atom stereocenters. The van der Waals surface area contributed by atoms with E-state index in [-0.39, 0.29) is 24.0 Å². The molecule has 2 aromatic rings. The number of fused-ring (bicyclic) bond motifs is 1. The maximum absolute atomic E-state index is 5.85. The Morgan fingerprint density at radius 2 is 2.08 bits per heavy atom. The predicted molar refractivity (Wildman–Crippen MR) is 117 cm³/mol. The van der Waals surface area contributed by atoms with E-state index in [2.05, 4.69) is 27.8 Å². The van der Waals surface area contributed by atoms with Gasteiger partial charge in [0.25, 0.3) is 0 Å². The minimum absolute atomic E-state index is 0. The van der Waals surface area contributed by atoms with Gasteiger partial charge in [-0.1, -0.05) is 24.6 Å². The lowest BCUT2D eigenvalue weighted by Crippen LogP contribution is -2.47. The fourth-order valence-corrected chi connectivity index (χ4v) is 3.47. The molecule has 0 radical (unpaired) electrons. The predicted octanol–water partition coefficient (Wildman–Crippen LogP) is 3.97. The van der Waals surface area contributed by atoms with E-state index in [4.69, 9.17) is 9.15 Å². The smallest absolute Gasteiger partial charge is 0.191 e. The monoisotopic (exact) mass is 471 g/mol. The zero-order valence-electron chi connectivity index (χ0n) is 15.7. The standard InChI is InChI=1S/C20H29N3O2.HI/c1-21-19(23-15-20(9-5-10-20)11-13-24-2)22-12-8-17-14-16-6-3-4-7-18(16)25-17;/h3-4,6-7,14H,5,8-13,15H2,1-2H3,(H2,21,22,23);1H. The van der Waals surface area contributed by atoms with E-state index in [1.807, 2.05) is 25.2 Å². The van der Waals surface area contributed by atoms with E-state index in [1.54, 1.807) is 7.11 Å². The van der Waals surface area contributed by atoms with Gasteiger partial charge >= 0.3 is 0 Å². The molecule has 0 bridgehead atoms. The second-order valence-electron chi connectivity index (χ2n) is 6.95. The number of nitrogens with one attached hydrogen (secondary N) is 2. The molecule has 3 rings (SSSR count). The zero-order chi connectivity index (χ0) is 17.5. The molecule has 1 aliphatic rings. The van der Waals surface area contributed by atoms with Crippen LogP contribution in [-0.4, -0.2) is 39.8 Å². The number of hydrogen-bond donors (Lipinski definition) is 2. The summed E-state index contributed by atoms with van der Waals surface area (Å²) >= 11 is 0. The fourth-order valence-electron chi connectivity index (χ4n) is 3.47. The first kappa shape index (κ1) is 21.0. The molecule has 1 heterocycles. The minimum Gasteiger partial charge on any atom is -0.461 e. The average molecular weight is 471 g/mol. The van der Waals surface area contributed by atoms with Crippen molar-refractivity contribution in [3.63, 3.8) is 0 Å². The summed E-state index contributed by atoms with van der Waals surface area (Å²) in [5, 5.41) is 8.03. The van der Waals surface area contributed by atoms with Crippen molar-refractivity contribution in [3.8, 4) is 0 Å². The Morgan fingerprint density at radius 1 is 1.27 bits per heavy atom. The number of para-hydroxylation sites is 1. The van der Waals surface area contributed by atoms with Gasteiger partial charge in [0.2, 0.25) is 0 Å². The van der Waals surface area contributed by atoms with Crippen molar-refractivity contribution in [3.05, 3.63) is 36.1 Å². The Labute approximate surface area is 173 Å². The molecule has 1 aliphatic carbocycles. The van der Waals surface area contributed by atoms with Crippen LogP contribution in [0.15, 0.2) is 39.7 Å². The van der Waals surface area contributed by atoms with Crippen molar-refractivity contribution in [1.82, 2.24) is 10.6 Å². The Morgan fingerprint density at radius 3 is 2.73 bits per heavy atom. The molecule has 1 aromatic carbocycles. The Balaban J connectivity index is 0.00000243. The summed E-state index contributed by atoms with van der Waals surface area (Å²) < 4.78 is 11.1. The van der Waals surface area contributed by atoms with Crippen LogP contribution in [0, 0.1) is 5.41 Å². The molecular weight excluding hydrogens is 441 g/mol. The highest BCUT2D eigenvalue weighted by Crippen LogP contribution is 2.43. The molecule has 0 amide bonds. The summed E-state index contributed by atoms with van der Waals surface area (Å²) in [4.78, 5) is 4.34. The van der Waals surface area contributed by atoms with Crippen LogP contribution in [0.3, 0.4) is 0 Å². The number of ether oxygens (including phenoxy) is 1. The van der Waals surface area contributed by atoms with Crippen LogP contribution in [0.1, 0.15) is 31.4 Å². The van der Waals surface area contributed by atoms with Gasteiger partial charge in [-0.15, -0.1) is 24.0 Å². The van der Waals surface area contributed by atoms with Gasteiger partial charge in [-0.3, -0.25) is 4.99 Å². The van der Waals surface area contributed by atoms with E-state index < -0.39 is 0 Å². The Hall–Kier alpha value is -1.28. The molecule has 1 saturated carbocycles. The minimum atomic E-state index is 0. The van der Waals surface area contributed by atoms with Crippen LogP contribution in [0.25, 0.3) is 11.0 Å². The van der Waals surface area contributed by atoms with Gasteiger partial charge in [-0.2, -0.15) is 0 Å². The third-order valence-electron chi connectivity index (χ3n) is 5.25. The summed E-state index contributed by atoms with van der Waals surface area (Å²) in [6.45, 7) is 2.59. The van der Waals surface area contributed by atoms with Gasteiger partial charge in [-0.25, -0.2) is 0 Å². The average Bonchev–Trinajstić information content (AvgIpc) is 3.01. The van der Waals surface area contributed by atoms with Crippen molar-refractivity contribution < 1.29 is 9.15 Å². The van der Waals surface area contributed by atoms with Crippen LogP contribution in [0.5, 0.6) is 0 Å². The summed E-state index contributed by atoms with van der Waals surface area (Å²) in [6, 6.07) is 10.2. The van der Waals surface area contributed by atoms with Crippen LogP contribution in [-0.2, 0) is 11.2 Å². The van der Waals surface area contributed by atoms with Gasteiger partial charge in [0.1, 0.15) is 11.3 Å². The number of aliphatic imine (C=N–C) groups is 1. The molecule has 5 nitrogen and oxygen atoms in total. The lowest BCUT2D eigenvalue weighted by Gasteiger charge is -2.42. The molecule has 0 aliphatic heterocycles. The quantitative estimate of drug-likeness (QED) is 0.348. The number of furan rings is 1. The largest absolute Gasteiger partial charge is 0.461 e. The second-order valence-corrected chi connectivity index (χ2v) is 6.95. The number of guanidine groups is 1. The van der Waals surface area contributed by atoms with Crippen molar-refractivity contribution in [1.29, 1.82) is 0 Å². The lowest BCUT2D eigenvalue weighted by atomic mass is 9.67. The second kappa shape index (κ2) is 10.2. The summed E-state index contributed by atoms with van der Waals surface area (Å²) in [6.07, 6.45) is 5.83. The highest BCUT2D eigenvalue weighted by atomic mass is 127. The molecule has 1 fully saturated rings. The van der Waals surface area contributed by atoms with Crippen LogP contribution in [0.4, 0.5) is 0 Å². The van der Waals surface area contributed by atoms with Crippen LogP contribution < -0.4 is 10.6 Å². The number of benzene rings is 1. The highest BCUT2D eigenvalue weighted by Gasteiger charge is 2.36. The number of methoxy groups -OCH3 is 1. The molecule has 0 spiro atoms. The van der Waals surface area contributed by atoms with E-state index in [1.165, 1.54) is 19.3 Å². The first-order valence-corrected chi connectivity index (χ1v) is 9.16. The normalized spacial score (nSPS) is 16.0. The molecule has 2 N–H and O–H groups in total. The topological polar surface area (TPSA) is 58.8 Å². The van der Waals surface area contributed by atoms with Gasteiger partial charge in [0, 0.05) is 45.7 Å². The number of hydrogen-bond acceptors (Lipinski definition) is 3. The summed E-state index contributed by atoms with van der Waals surface area (Å²) in [5.74, 6) is 1.86. The van der Waals surface area contributed by atoms with Gasteiger partial charge in [-0.05, 0) is 36.8 Å². The molecule has 6 heteroatoms. The molecule has 26 heavy (non-hydrogen) atoms. The van der Waals surface area contributed by atoms with E-state index in [9.17, 15) is 0 Å². The first-order chi connectivity index (χ1) is 12.2. The third kappa shape index (κ3) is 5.36. The van der Waals surface area contributed by atoms with E-state index in [0.717, 1.165) is 55.2 Å².